The lowest BCUT2D eigenvalue weighted by molar-refractivity contribution is -0.164. The third-order valence-electron chi connectivity index (χ3n) is 4.46. The van der Waals surface area contributed by atoms with E-state index in [0.717, 1.165) is 38.5 Å². The molecule has 120 valence electrons. The molecule has 1 aromatic carbocycles. The van der Waals surface area contributed by atoms with Gasteiger partial charge in [0.1, 0.15) is 5.75 Å². The minimum atomic E-state index is -1.40. The summed E-state index contributed by atoms with van der Waals surface area (Å²) < 4.78 is 5.37. The van der Waals surface area contributed by atoms with Gasteiger partial charge in [-0.15, -0.1) is 0 Å². The lowest BCUT2D eigenvalue weighted by Crippen LogP contribution is -2.42. The SMILES string of the molecule is O=C(O)C1(C(=O)Oc2ccccc2)CCCCCCCCC1. The van der Waals surface area contributed by atoms with Crippen molar-refractivity contribution in [1.82, 2.24) is 0 Å². The van der Waals surface area contributed by atoms with Crippen LogP contribution in [0.4, 0.5) is 0 Å². The van der Waals surface area contributed by atoms with Crippen LogP contribution in [0.3, 0.4) is 0 Å². The van der Waals surface area contributed by atoms with Crippen LogP contribution < -0.4 is 4.74 Å². The fourth-order valence-corrected chi connectivity index (χ4v) is 3.06. The number of carboxylic acids is 1. The summed E-state index contributed by atoms with van der Waals surface area (Å²) in [6.45, 7) is 0. The average Bonchev–Trinajstić information content (AvgIpc) is 2.53. The zero-order valence-electron chi connectivity index (χ0n) is 12.9. The minimum Gasteiger partial charge on any atom is -0.480 e. The number of carbonyl (C=O) groups excluding carboxylic acids is 1. The Kier molecular flexibility index (Phi) is 5.99. The van der Waals surface area contributed by atoms with Crippen molar-refractivity contribution < 1.29 is 19.4 Å². The molecule has 0 radical (unpaired) electrons. The van der Waals surface area contributed by atoms with Crippen LogP contribution in [0.5, 0.6) is 5.75 Å². The molecule has 0 heterocycles. The van der Waals surface area contributed by atoms with E-state index in [4.69, 9.17) is 4.74 Å². The van der Waals surface area contributed by atoms with E-state index in [9.17, 15) is 14.7 Å². The first-order valence-corrected chi connectivity index (χ1v) is 8.16. The van der Waals surface area contributed by atoms with Gasteiger partial charge in [-0.2, -0.15) is 0 Å². The number of hydrogen-bond acceptors (Lipinski definition) is 3. The van der Waals surface area contributed by atoms with Crippen molar-refractivity contribution in [3.8, 4) is 5.75 Å². The van der Waals surface area contributed by atoms with Crippen LogP contribution >= 0.6 is 0 Å². The van der Waals surface area contributed by atoms with Gasteiger partial charge in [-0.1, -0.05) is 63.1 Å². The lowest BCUT2D eigenvalue weighted by atomic mass is 9.77. The van der Waals surface area contributed by atoms with Gasteiger partial charge in [0, 0.05) is 0 Å². The van der Waals surface area contributed by atoms with Gasteiger partial charge in [0.2, 0.25) is 0 Å². The molecule has 1 aromatic rings. The summed E-state index contributed by atoms with van der Waals surface area (Å²) in [5.74, 6) is -1.26. The molecule has 1 aliphatic carbocycles. The van der Waals surface area contributed by atoms with Crippen LogP contribution in [0.25, 0.3) is 0 Å². The Morgan fingerprint density at radius 2 is 1.36 bits per heavy atom. The van der Waals surface area contributed by atoms with Crippen LogP contribution in [-0.4, -0.2) is 17.0 Å². The van der Waals surface area contributed by atoms with E-state index in [2.05, 4.69) is 0 Å². The van der Waals surface area contributed by atoms with Crippen molar-refractivity contribution >= 4 is 11.9 Å². The first kappa shape index (κ1) is 16.5. The largest absolute Gasteiger partial charge is 0.480 e. The molecule has 0 aromatic heterocycles. The van der Waals surface area contributed by atoms with E-state index >= 15 is 0 Å². The second kappa shape index (κ2) is 7.97. The van der Waals surface area contributed by atoms with Crippen molar-refractivity contribution in [2.75, 3.05) is 0 Å². The summed E-state index contributed by atoms with van der Waals surface area (Å²) in [5.41, 5.74) is -1.40. The number of rotatable bonds is 3. The van der Waals surface area contributed by atoms with E-state index in [-0.39, 0.29) is 0 Å². The Labute approximate surface area is 131 Å². The Balaban J connectivity index is 2.16. The minimum absolute atomic E-state index is 0.369. The molecule has 1 saturated carbocycles. The Hall–Kier alpha value is -1.84. The average molecular weight is 304 g/mol. The molecule has 0 bridgehead atoms. The lowest BCUT2D eigenvalue weighted by Gasteiger charge is -2.28. The fourth-order valence-electron chi connectivity index (χ4n) is 3.06. The predicted octanol–water partition coefficient (Wildman–Crippen LogP) is 4.19. The first-order valence-electron chi connectivity index (χ1n) is 8.16. The van der Waals surface area contributed by atoms with Gasteiger partial charge in [0.15, 0.2) is 5.41 Å². The molecule has 1 N–H and O–H groups in total. The number of carbonyl (C=O) groups is 2. The smallest absolute Gasteiger partial charge is 0.328 e. The summed E-state index contributed by atoms with van der Waals surface area (Å²) in [4.78, 5) is 24.5. The molecule has 22 heavy (non-hydrogen) atoms. The van der Waals surface area contributed by atoms with Gasteiger partial charge in [-0.3, -0.25) is 9.59 Å². The highest BCUT2D eigenvalue weighted by Gasteiger charge is 2.47. The molecule has 0 atom stereocenters. The maximum atomic E-state index is 12.6. The highest BCUT2D eigenvalue weighted by Crippen LogP contribution is 2.35. The predicted molar refractivity (Wildman–Crippen MR) is 83.7 cm³/mol. The third kappa shape index (κ3) is 4.09. The van der Waals surface area contributed by atoms with Crippen molar-refractivity contribution in [2.24, 2.45) is 5.41 Å². The van der Waals surface area contributed by atoms with Crippen molar-refractivity contribution in [2.45, 2.75) is 57.8 Å². The number of ether oxygens (including phenoxy) is 1. The Morgan fingerprint density at radius 1 is 0.864 bits per heavy atom. The van der Waals surface area contributed by atoms with Gasteiger partial charge in [-0.25, -0.2) is 0 Å². The van der Waals surface area contributed by atoms with E-state index in [0.29, 0.717) is 18.6 Å². The molecule has 4 nitrogen and oxygen atoms in total. The van der Waals surface area contributed by atoms with Crippen molar-refractivity contribution in [1.29, 1.82) is 0 Å². The second-order valence-electron chi connectivity index (χ2n) is 6.06. The standard InChI is InChI=1S/C18H24O4/c19-16(20)18(13-9-4-2-1-3-5-10-14-18)17(21)22-15-11-7-6-8-12-15/h6-8,11-12H,1-5,9-10,13-14H2,(H,19,20). The molecule has 0 unspecified atom stereocenters. The topological polar surface area (TPSA) is 63.6 Å². The fraction of sp³-hybridized carbons (Fsp3) is 0.556. The van der Waals surface area contributed by atoms with Crippen LogP contribution in [0.1, 0.15) is 57.8 Å². The van der Waals surface area contributed by atoms with E-state index in [1.54, 1.807) is 24.3 Å². The van der Waals surface area contributed by atoms with Gasteiger partial charge in [0.05, 0.1) is 0 Å². The third-order valence-corrected chi connectivity index (χ3v) is 4.46. The van der Waals surface area contributed by atoms with Crippen LogP contribution in [0.15, 0.2) is 30.3 Å². The maximum absolute atomic E-state index is 12.6. The van der Waals surface area contributed by atoms with Crippen LogP contribution in [0.2, 0.25) is 0 Å². The molecule has 1 fully saturated rings. The van der Waals surface area contributed by atoms with Gasteiger partial charge in [0.25, 0.3) is 0 Å². The van der Waals surface area contributed by atoms with Crippen molar-refractivity contribution in [3.63, 3.8) is 0 Å². The second-order valence-corrected chi connectivity index (χ2v) is 6.06. The number of para-hydroxylation sites is 1. The maximum Gasteiger partial charge on any atom is 0.328 e. The molecular formula is C18H24O4. The molecule has 2 rings (SSSR count). The summed E-state index contributed by atoms with van der Waals surface area (Å²) in [5, 5.41) is 9.72. The first-order chi connectivity index (χ1) is 10.6. The summed E-state index contributed by atoms with van der Waals surface area (Å²) in [6.07, 6.45) is 7.65. The number of hydrogen-bond donors (Lipinski definition) is 1. The van der Waals surface area contributed by atoms with Gasteiger partial charge < -0.3 is 9.84 Å². The Bertz CT molecular complexity index is 485. The van der Waals surface area contributed by atoms with Crippen LogP contribution in [-0.2, 0) is 9.59 Å². The summed E-state index contributed by atoms with van der Waals surface area (Å²) in [7, 11) is 0. The quantitative estimate of drug-likeness (QED) is 0.517. The van der Waals surface area contributed by atoms with E-state index in [1.165, 1.54) is 6.42 Å². The Morgan fingerprint density at radius 3 is 1.86 bits per heavy atom. The van der Waals surface area contributed by atoms with Gasteiger partial charge in [-0.05, 0) is 25.0 Å². The number of aliphatic carboxylic acids is 1. The molecular weight excluding hydrogens is 280 g/mol. The molecule has 0 spiro atoms. The highest BCUT2D eigenvalue weighted by molar-refractivity contribution is 6.00. The number of carboxylic acid groups (broad SMARTS) is 1. The van der Waals surface area contributed by atoms with Crippen molar-refractivity contribution in [3.05, 3.63) is 30.3 Å². The molecule has 0 aliphatic heterocycles. The molecule has 1 aliphatic rings. The molecule has 4 heteroatoms. The summed E-state index contributed by atoms with van der Waals surface area (Å²) >= 11 is 0. The molecule has 0 amide bonds. The number of benzene rings is 1. The number of esters is 1. The monoisotopic (exact) mass is 304 g/mol. The van der Waals surface area contributed by atoms with E-state index < -0.39 is 17.4 Å². The zero-order chi connectivity index (χ0) is 15.8. The molecule has 0 saturated heterocycles. The van der Waals surface area contributed by atoms with Crippen LogP contribution in [0, 0.1) is 5.41 Å². The zero-order valence-corrected chi connectivity index (χ0v) is 12.9. The summed E-state index contributed by atoms with van der Waals surface area (Å²) in [6, 6.07) is 8.71. The van der Waals surface area contributed by atoms with Gasteiger partial charge >= 0.3 is 11.9 Å². The highest BCUT2D eigenvalue weighted by atomic mass is 16.5. The normalized spacial score (nSPS) is 19.1. The van der Waals surface area contributed by atoms with E-state index in [1.807, 2.05) is 6.07 Å².